The number of anilines is 1. The molecule has 0 fully saturated rings. The van der Waals surface area contributed by atoms with Crippen LogP contribution >= 0.6 is 15.9 Å². The zero-order chi connectivity index (χ0) is 14.5. The maximum atomic E-state index is 5.99. The van der Waals surface area contributed by atoms with Crippen LogP contribution in [0.5, 0.6) is 0 Å². The number of likely N-dealkylation sites (N-methyl/N-ethyl adjacent to an activating group) is 1. The van der Waals surface area contributed by atoms with Crippen molar-refractivity contribution in [2.75, 3.05) is 18.5 Å². The fourth-order valence-electron chi connectivity index (χ4n) is 2.38. The maximum Gasteiger partial charge on any atom is 0.0661 e. The van der Waals surface area contributed by atoms with Crippen LogP contribution in [0.4, 0.5) is 5.69 Å². The molecule has 2 aromatic rings. The molecule has 0 aliphatic rings. The van der Waals surface area contributed by atoms with Gasteiger partial charge in [-0.05, 0) is 41.8 Å². The Kier molecular flexibility index (Phi) is 5.21. The quantitative estimate of drug-likeness (QED) is 0.891. The summed E-state index contributed by atoms with van der Waals surface area (Å²) in [7, 11) is 2.10. The van der Waals surface area contributed by atoms with Gasteiger partial charge in [0, 0.05) is 23.8 Å². The van der Waals surface area contributed by atoms with Gasteiger partial charge in [0.05, 0.1) is 6.04 Å². The van der Waals surface area contributed by atoms with Gasteiger partial charge in [0.15, 0.2) is 0 Å². The van der Waals surface area contributed by atoms with Crippen molar-refractivity contribution in [3.05, 3.63) is 64.1 Å². The van der Waals surface area contributed by atoms with E-state index in [4.69, 9.17) is 5.73 Å². The minimum Gasteiger partial charge on any atom is -0.366 e. The second-order valence-corrected chi connectivity index (χ2v) is 5.85. The van der Waals surface area contributed by atoms with E-state index >= 15 is 0 Å². The Morgan fingerprint density at radius 1 is 1.15 bits per heavy atom. The largest absolute Gasteiger partial charge is 0.366 e. The lowest BCUT2D eigenvalue weighted by molar-refractivity contribution is 0.680. The number of benzene rings is 2. The van der Waals surface area contributed by atoms with Crippen LogP contribution in [0.2, 0.25) is 0 Å². The van der Waals surface area contributed by atoms with Crippen LogP contribution in [0.1, 0.15) is 24.1 Å². The smallest absolute Gasteiger partial charge is 0.0661 e. The number of rotatable bonds is 5. The first-order chi connectivity index (χ1) is 9.65. The van der Waals surface area contributed by atoms with Crippen molar-refractivity contribution < 1.29 is 0 Å². The highest BCUT2D eigenvalue weighted by Crippen LogP contribution is 2.26. The van der Waals surface area contributed by atoms with Crippen LogP contribution in [-0.2, 0) is 6.42 Å². The monoisotopic (exact) mass is 332 g/mol. The van der Waals surface area contributed by atoms with Gasteiger partial charge in [-0.3, -0.25) is 0 Å². The molecule has 0 spiro atoms. The molecule has 0 amide bonds. The first-order valence-electron chi connectivity index (χ1n) is 6.93. The van der Waals surface area contributed by atoms with Gasteiger partial charge in [-0.15, -0.1) is 0 Å². The zero-order valence-corrected chi connectivity index (χ0v) is 13.6. The summed E-state index contributed by atoms with van der Waals surface area (Å²) in [5.41, 5.74) is 9.77. The fraction of sp³-hybridized carbons (Fsp3) is 0.294. The summed E-state index contributed by atoms with van der Waals surface area (Å²) in [6, 6.07) is 17.2. The molecule has 2 nitrogen and oxygen atoms in total. The Labute approximate surface area is 129 Å². The highest BCUT2D eigenvalue weighted by molar-refractivity contribution is 9.10. The Hall–Kier alpha value is -1.32. The van der Waals surface area contributed by atoms with Crippen molar-refractivity contribution in [1.82, 2.24) is 0 Å². The third kappa shape index (κ3) is 3.41. The van der Waals surface area contributed by atoms with E-state index in [1.165, 1.54) is 16.8 Å². The van der Waals surface area contributed by atoms with Crippen molar-refractivity contribution in [2.45, 2.75) is 19.4 Å². The predicted octanol–water partition coefficient (Wildman–Crippen LogP) is 4.15. The van der Waals surface area contributed by atoms with Crippen LogP contribution in [0.3, 0.4) is 0 Å². The third-order valence-electron chi connectivity index (χ3n) is 3.68. The molecule has 0 aromatic heterocycles. The lowest BCUT2D eigenvalue weighted by atomic mass is 10.0. The molecular formula is C17H21BrN2. The summed E-state index contributed by atoms with van der Waals surface area (Å²) in [5.74, 6) is 0. The molecular weight excluding hydrogens is 312 g/mol. The molecule has 0 bridgehead atoms. The molecule has 0 aliphatic heterocycles. The Morgan fingerprint density at radius 3 is 2.40 bits per heavy atom. The molecule has 0 heterocycles. The third-order valence-corrected chi connectivity index (χ3v) is 4.17. The van der Waals surface area contributed by atoms with E-state index in [1.807, 2.05) is 6.07 Å². The van der Waals surface area contributed by atoms with Crippen LogP contribution < -0.4 is 10.6 Å². The second kappa shape index (κ2) is 6.91. The fourth-order valence-corrected chi connectivity index (χ4v) is 2.80. The van der Waals surface area contributed by atoms with E-state index in [2.05, 4.69) is 77.3 Å². The summed E-state index contributed by atoms with van der Waals surface area (Å²) in [6.45, 7) is 2.76. The Bertz CT molecular complexity index is 551. The minimum absolute atomic E-state index is 0.181. The summed E-state index contributed by atoms with van der Waals surface area (Å²) in [6.07, 6.45) is 1.07. The summed E-state index contributed by atoms with van der Waals surface area (Å²) < 4.78 is 1.09. The summed E-state index contributed by atoms with van der Waals surface area (Å²) >= 11 is 3.52. The van der Waals surface area contributed by atoms with Crippen LogP contribution in [0.25, 0.3) is 0 Å². The predicted molar refractivity (Wildman–Crippen MR) is 90.2 cm³/mol. The molecule has 2 N–H and O–H groups in total. The average molecular weight is 333 g/mol. The van der Waals surface area contributed by atoms with Crippen LogP contribution in [0, 0.1) is 0 Å². The second-order valence-electron chi connectivity index (χ2n) is 4.94. The van der Waals surface area contributed by atoms with Crippen molar-refractivity contribution in [3.8, 4) is 0 Å². The van der Waals surface area contributed by atoms with Crippen molar-refractivity contribution >= 4 is 21.6 Å². The molecule has 20 heavy (non-hydrogen) atoms. The maximum absolute atomic E-state index is 5.99. The van der Waals surface area contributed by atoms with Gasteiger partial charge in [0.25, 0.3) is 0 Å². The van der Waals surface area contributed by atoms with Crippen molar-refractivity contribution in [3.63, 3.8) is 0 Å². The minimum atomic E-state index is 0.181. The molecule has 1 unspecified atom stereocenters. The number of halogens is 1. The van der Waals surface area contributed by atoms with Crippen molar-refractivity contribution in [2.24, 2.45) is 5.73 Å². The Morgan fingerprint density at radius 2 is 1.85 bits per heavy atom. The molecule has 2 aromatic carbocycles. The lowest BCUT2D eigenvalue weighted by Crippen LogP contribution is -2.30. The molecule has 0 radical (unpaired) electrons. The van der Waals surface area contributed by atoms with Gasteiger partial charge < -0.3 is 10.6 Å². The highest BCUT2D eigenvalue weighted by Gasteiger charge is 2.16. The van der Waals surface area contributed by atoms with Crippen LogP contribution in [0.15, 0.2) is 53.0 Å². The van der Waals surface area contributed by atoms with E-state index in [0.29, 0.717) is 6.54 Å². The van der Waals surface area contributed by atoms with Gasteiger partial charge in [-0.1, -0.05) is 47.1 Å². The van der Waals surface area contributed by atoms with Crippen molar-refractivity contribution in [1.29, 1.82) is 0 Å². The number of nitrogens with zero attached hydrogens (tertiary/aromatic N) is 1. The van der Waals surface area contributed by atoms with E-state index < -0.39 is 0 Å². The van der Waals surface area contributed by atoms with E-state index in [-0.39, 0.29) is 6.04 Å². The lowest BCUT2D eigenvalue weighted by Gasteiger charge is -2.29. The van der Waals surface area contributed by atoms with Gasteiger partial charge in [0.2, 0.25) is 0 Å². The molecule has 1 atom stereocenters. The number of aryl methyl sites for hydroxylation is 1. The SMILES string of the molecule is CCc1ccc(N(C)C(CN)c2cccc(Br)c2)cc1. The Balaban J connectivity index is 2.26. The summed E-state index contributed by atoms with van der Waals surface area (Å²) in [4.78, 5) is 2.24. The normalized spacial score (nSPS) is 12.2. The molecule has 2 rings (SSSR count). The van der Waals surface area contributed by atoms with E-state index in [0.717, 1.165) is 10.9 Å². The molecule has 106 valence electrons. The number of hydrogen-bond acceptors (Lipinski definition) is 2. The van der Waals surface area contributed by atoms with Gasteiger partial charge in [0.1, 0.15) is 0 Å². The van der Waals surface area contributed by atoms with Gasteiger partial charge in [-0.2, -0.15) is 0 Å². The molecule has 0 aliphatic carbocycles. The standard InChI is InChI=1S/C17H21BrN2/c1-3-13-7-9-16(10-8-13)20(2)17(12-19)14-5-4-6-15(18)11-14/h4-11,17H,3,12,19H2,1-2H3. The first-order valence-corrected chi connectivity index (χ1v) is 7.72. The van der Waals surface area contributed by atoms with Gasteiger partial charge >= 0.3 is 0 Å². The topological polar surface area (TPSA) is 29.3 Å². The van der Waals surface area contributed by atoms with E-state index in [1.54, 1.807) is 0 Å². The summed E-state index contributed by atoms with van der Waals surface area (Å²) in [5, 5.41) is 0. The highest BCUT2D eigenvalue weighted by atomic mass is 79.9. The van der Waals surface area contributed by atoms with E-state index in [9.17, 15) is 0 Å². The molecule has 0 saturated carbocycles. The molecule has 0 saturated heterocycles. The number of hydrogen-bond donors (Lipinski definition) is 1. The van der Waals surface area contributed by atoms with Crippen LogP contribution in [-0.4, -0.2) is 13.6 Å². The average Bonchev–Trinajstić information content (AvgIpc) is 2.48. The number of nitrogens with two attached hydrogens (primary N) is 1. The van der Waals surface area contributed by atoms with Gasteiger partial charge in [-0.25, -0.2) is 0 Å². The zero-order valence-electron chi connectivity index (χ0n) is 12.0. The molecule has 3 heteroatoms. The first kappa shape index (κ1) is 15.1.